The molecule has 1 heterocycles. The minimum atomic E-state index is 1.10. The summed E-state index contributed by atoms with van der Waals surface area (Å²) in [5.41, 5.74) is 0. The Bertz CT molecular complexity index is 316. The molecule has 2 rings (SSSR count). The maximum atomic E-state index is 4.31. The first kappa shape index (κ1) is 5.54. The van der Waals surface area contributed by atoms with E-state index in [0.29, 0.717) is 0 Å². The van der Waals surface area contributed by atoms with E-state index in [9.17, 15) is 0 Å². The Morgan fingerprint density at radius 2 is 2.10 bits per heavy atom. The number of nitrogens with zero attached hydrogens (tertiary/aromatic N) is 1. The van der Waals surface area contributed by atoms with Crippen LogP contribution in [0.1, 0.15) is 6.92 Å². The van der Waals surface area contributed by atoms with Crippen LogP contribution < -0.4 is 10.6 Å². The molecule has 0 unspecified atom stereocenters. The Balaban J connectivity index is 2.83. The quantitative estimate of drug-likeness (QED) is 0.457. The largest absolute Gasteiger partial charge is 0.218 e. The van der Waals surface area contributed by atoms with Crippen molar-refractivity contribution in [3.05, 3.63) is 40.9 Å². The van der Waals surface area contributed by atoms with E-state index in [0.717, 1.165) is 11.4 Å². The van der Waals surface area contributed by atoms with Gasteiger partial charge in [0.2, 0.25) is 5.36 Å². The highest BCUT2D eigenvalue weighted by molar-refractivity contribution is 5.42. The molecule has 1 aromatic carbocycles. The first-order chi connectivity index (χ1) is 4.86. The summed E-state index contributed by atoms with van der Waals surface area (Å²) >= 11 is 0. The maximum absolute atomic E-state index is 4.31. The molecule has 1 aliphatic rings. The van der Waals surface area contributed by atoms with E-state index in [2.05, 4.69) is 17.1 Å². The number of fused-ring (bicyclic) bond motifs is 1. The molecule has 0 radical (unpaired) electrons. The summed E-state index contributed by atoms with van der Waals surface area (Å²) in [6.07, 6.45) is 2.09. The molecule has 0 aromatic heterocycles. The lowest BCUT2D eigenvalue weighted by Gasteiger charge is -1.74. The molecule has 0 fully saturated rings. The standard InChI is InChI=1S/C9H8N/c1-7-6-8-4-2-3-5-9(8)10-7/h2-6H,1H3/q+1. The molecule has 0 atom stereocenters. The average Bonchev–Trinajstić information content (AvgIpc) is 2.27. The van der Waals surface area contributed by atoms with Gasteiger partial charge in [0.1, 0.15) is 11.3 Å². The topological polar surface area (TPSA) is 12.4 Å². The molecule has 10 heavy (non-hydrogen) atoms. The average molecular weight is 130 g/mol. The van der Waals surface area contributed by atoms with Crippen molar-refractivity contribution in [3.63, 3.8) is 0 Å². The highest BCUT2D eigenvalue weighted by Crippen LogP contribution is 2.01. The van der Waals surface area contributed by atoms with Gasteiger partial charge >= 0.3 is 0 Å². The maximum Gasteiger partial charge on any atom is 0.218 e. The van der Waals surface area contributed by atoms with E-state index in [1.54, 1.807) is 0 Å². The molecule has 0 N–H and O–H groups in total. The zero-order valence-electron chi connectivity index (χ0n) is 5.83. The number of para-hydroxylation sites is 1. The summed E-state index contributed by atoms with van der Waals surface area (Å²) in [5.74, 6) is 0. The van der Waals surface area contributed by atoms with Crippen molar-refractivity contribution in [1.29, 1.82) is 0 Å². The van der Waals surface area contributed by atoms with Gasteiger partial charge in [-0.3, -0.25) is 0 Å². The van der Waals surface area contributed by atoms with Crippen LogP contribution in [0.15, 0.2) is 29.3 Å². The minimum absolute atomic E-state index is 1.10. The minimum Gasteiger partial charge on any atom is -0.111 e. The van der Waals surface area contributed by atoms with Crippen LogP contribution in [0.2, 0.25) is 0 Å². The van der Waals surface area contributed by atoms with Gasteiger partial charge in [0.05, 0.1) is 6.08 Å². The fraction of sp³-hybridized carbons (Fsp3) is 0.111. The SMILES string of the molecule is C[C+]1C=c2ccccc2=N1. The lowest BCUT2D eigenvalue weighted by molar-refractivity contribution is 1.14. The fourth-order valence-electron chi connectivity index (χ4n) is 1.16. The molecule has 0 aliphatic carbocycles. The van der Waals surface area contributed by atoms with Crippen molar-refractivity contribution in [2.45, 2.75) is 6.92 Å². The van der Waals surface area contributed by atoms with Crippen LogP contribution in [0, 0.1) is 6.04 Å². The highest BCUT2D eigenvalue weighted by atomic mass is 14.8. The Morgan fingerprint density at radius 3 is 2.90 bits per heavy atom. The second-order valence-electron chi connectivity index (χ2n) is 2.46. The van der Waals surface area contributed by atoms with Gasteiger partial charge in [0, 0.05) is 19.1 Å². The normalized spacial score (nSPS) is 13.9. The zero-order valence-corrected chi connectivity index (χ0v) is 5.83. The van der Waals surface area contributed by atoms with Crippen molar-refractivity contribution in [2.75, 3.05) is 0 Å². The molecule has 0 spiro atoms. The van der Waals surface area contributed by atoms with Crippen LogP contribution >= 0.6 is 0 Å². The van der Waals surface area contributed by atoms with E-state index >= 15 is 0 Å². The molecule has 0 bridgehead atoms. The molecule has 1 aliphatic heterocycles. The monoisotopic (exact) mass is 130 g/mol. The van der Waals surface area contributed by atoms with E-state index in [4.69, 9.17) is 0 Å². The summed E-state index contributed by atoms with van der Waals surface area (Å²) in [5, 5.41) is 2.33. The third-order valence-corrected chi connectivity index (χ3v) is 1.60. The van der Waals surface area contributed by atoms with Gasteiger partial charge in [0.25, 0.3) is 0 Å². The second kappa shape index (κ2) is 1.87. The van der Waals surface area contributed by atoms with Gasteiger partial charge in [-0.15, -0.1) is 4.99 Å². The second-order valence-corrected chi connectivity index (χ2v) is 2.46. The fourth-order valence-corrected chi connectivity index (χ4v) is 1.16. The highest BCUT2D eigenvalue weighted by Gasteiger charge is 2.10. The smallest absolute Gasteiger partial charge is 0.111 e. The van der Waals surface area contributed by atoms with Crippen molar-refractivity contribution < 1.29 is 0 Å². The number of rotatable bonds is 0. The molecule has 0 saturated heterocycles. The summed E-state index contributed by atoms with van der Waals surface area (Å²) in [4.78, 5) is 4.31. The van der Waals surface area contributed by atoms with E-state index in [1.165, 1.54) is 5.22 Å². The van der Waals surface area contributed by atoms with Crippen LogP contribution in [0.3, 0.4) is 0 Å². The summed E-state index contributed by atoms with van der Waals surface area (Å²) in [6, 6.07) is 9.25. The first-order valence-electron chi connectivity index (χ1n) is 3.35. The van der Waals surface area contributed by atoms with Gasteiger partial charge in [-0.05, 0) is 12.1 Å². The summed E-state index contributed by atoms with van der Waals surface area (Å²) < 4.78 is 0. The summed E-state index contributed by atoms with van der Waals surface area (Å²) in [6.45, 7) is 2.01. The molecule has 1 heteroatoms. The van der Waals surface area contributed by atoms with Crippen LogP contribution in [-0.4, -0.2) is 0 Å². The van der Waals surface area contributed by atoms with Crippen LogP contribution in [0.25, 0.3) is 6.08 Å². The van der Waals surface area contributed by atoms with Crippen LogP contribution in [-0.2, 0) is 0 Å². The van der Waals surface area contributed by atoms with Crippen LogP contribution in [0.5, 0.6) is 0 Å². The third-order valence-electron chi connectivity index (χ3n) is 1.60. The Morgan fingerprint density at radius 1 is 1.30 bits per heavy atom. The third kappa shape index (κ3) is 0.711. The molecule has 0 amide bonds. The molecule has 1 aromatic rings. The molecule has 0 saturated carbocycles. The van der Waals surface area contributed by atoms with Gasteiger partial charge < -0.3 is 0 Å². The van der Waals surface area contributed by atoms with E-state index in [1.807, 2.05) is 25.1 Å². The van der Waals surface area contributed by atoms with Crippen molar-refractivity contribution in [2.24, 2.45) is 4.99 Å². The van der Waals surface area contributed by atoms with Crippen molar-refractivity contribution >= 4 is 6.08 Å². The molecule has 48 valence electrons. The summed E-state index contributed by atoms with van der Waals surface area (Å²) in [7, 11) is 0. The van der Waals surface area contributed by atoms with Gasteiger partial charge in [0.15, 0.2) is 0 Å². The lowest BCUT2D eigenvalue weighted by Crippen LogP contribution is -2.19. The van der Waals surface area contributed by atoms with Gasteiger partial charge in [-0.2, -0.15) is 0 Å². The Hall–Kier alpha value is -1.24. The molecule has 1 nitrogen and oxygen atoms in total. The van der Waals surface area contributed by atoms with Crippen LogP contribution in [0.4, 0.5) is 0 Å². The van der Waals surface area contributed by atoms with Gasteiger partial charge in [-0.1, -0.05) is 0 Å². The molecular weight excluding hydrogens is 122 g/mol. The number of hydrogen-bond donors (Lipinski definition) is 0. The van der Waals surface area contributed by atoms with Crippen molar-refractivity contribution in [3.8, 4) is 0 Å². The number of benzene rings is 1. The predicted molar refractivity (Wildman–Crippen MR) is 40.6 cm³/mol. The first-order valence-corrected chi connectivity index (χ1v) is 3.35. The predicted octanol–water partition coefficient (Wildman–Crippen LogP) is 0.652. The number of hydrogen-bond acceptors (Lipinski definition) is 1. The van der Waals surface area contributed by atoms with E-state index in [-0.39, 0.29) is 0 Å². The van der Waals surface area contributed by atoms with Gasteiger partial charge in [-0.25, -0.2) is 0 Å². The van der Waals surface area contributed by atoms with E-state index < -0.39 is 0 Å². The zero-order chi connectivity index (χ0) is 6.97. The lowest BCUT2D eigenvalue weighted by atomic mass is 10.3. The Labute approximate surface area is 59.7 Å². The Kier molecular flexibility index (Phi) is 1.04. The van der Waals surface area contributed by atoms with Crippen molar-refractivity contribution in [1.82, 2.24) is 0 Å². The molecular formula is C9H8N+.